The van der Waals surface area contributed by atoms with Gasteiger partial charge >= 0.3 is 0 Å². The maximum absolute atomic E-state index is 12.8. The standard InChI is InChI=1S/C23H23N3O2/c1-2-18-14-22(28)26(23(24-18)17-9-4-3-5-10-17)15-21(27)25-20-13-12-16-8-6-7-11-19(16)20/h3-11,14,20H,2,12-13,15H2,1H3,(H,25,27)/t20-/m1/s1. The summed E-state index contributed by atoms with van der Waals surface area (Å²) in [6.45, 7) is 1.92. The number of nitrogens with one attached hydrogen (secondary N) is 1. The molecule has 4 rings (SSSR count). The molecule has 142 valence electrons. The van der Waals surface area contributed by atoms with E-state index in [1.165, 1.54) is 21.8 Å². The zero-order valence-electron chi connectivity index (χ0n) is 15.9. The predicted molar refractivity (Wildman–Crippen MR) is 109 cm³/mol. The molecule has 5 nitrogen and oxygen atoms in total. The number of benzene rings is 2. The van der Waals surface area contributed by atoms with Crippen LogP contribution in [0.2, 0.25) is 0 Å². The Bertz CT molecular complexity index is 1060. The Kier molecular flexibility index (Phi) is 5.06. The van der Waals surface area contributed by atoms with Gasteiger partial charge in [0.15, 0.2) is 0 Å². The van der Waals surface area contributed by atoms with Gasteiger partial charge in [0, 0.05) is 17.3 Å². The Hall–Kier alpha value is -3.21. The molecule has 0 bridgehead atoms. The fourth-order valence-electron chi connectivity index (χ4n) is 3.79. The van der Waals surface area contributed by atoms with Gasteiger partial charge in [-0.3, -0.25) is 14.2 Å². The summed E-state index contributed by atoms with van der Waals surface area (Å²) in [5.74, 6) is 0.360. The third-order valence-corrected chi connectivity index (χ3v) is 5.23. The molecule has 1 aliphatic rings. The molecule has 1 amide bonds. The highest BCUT2D eigenvalue weighted by Crippen LogP contribution is 2.30. The van der Waals surface area contributed by atoms with Gasteiger partial charge in [0.1, 0.15) is 12.4 Å². The second kappa shape index (κ2) is 7.80. The summed E-state index contributed by atoms with van der Waals surface area (Å²) in [4.78, 5) is 30.1. The van der Waals surface area contributed by atoms with Crippen LogP contribution in [0.3, 0.4) is 0 Å². The highest BCUT2D eigenvalue weighted by molar-refractivity contribution is 5.77. The van der Waals surface area contributed by atoms with E-state index in [0.717, 1.165) is 24.1 Å². The quantitative estimate of drug-likeness (QED) is 0.746. The summed E-state index contributed by atoms with van der Waals surface area (Å²) in [7, 11) is 0. The number of nitrogens with zero attached hydrogens (tertiary/aromatic N) is 2. The van der Waals surface area contributed by atoms with E-state index in [4.69, 9.17) is 0 Å². The van der Waals surface area contributed by atoms with Gasteiger partial charge in [0.25, 0.3) is 5.56 Å². The van der Waals surface area contributed by atoms with Crippen molar-refractivity contribution in [2.45, 2.75) is 38.8 Å². The molecule has 1 aromatic heterocycles. The molecule has 3 aromatic rings. The summed E-state index contributed by atoms with van der Waals surface area (Å²) in [6.07, 6.45) is 2.52. The van der Waals surface area contributed by atoms with Gasteiger partial charge in [-0.15, -0.1) is 0 Å². The van der Waals surface area contributed by atoms with E-state index in [2.05, 4.69) is 22.4 Å². The summed E-state index contributed by atoms with van der Waals surface area (Å²) in [5.41, 5.74) is 3.81. The predicted octanol–water partition coefficient (Wildman–Crippen LogP) is 3.28. The van der Waals surface area contributed by atoms with Crippen LogP contribution in [-0.4, -0.2) is 15.5 Å². The van der Waals surface area contributed by atoms with Crippen molar-refractivity contribution in [1.82, 2.24) is 14.9 Å². The molecule has 0 fully saturated rings. The lowest BCUT2D eigenvalue weighted by Gasteiger charge is -2.17. The Morgan fingerprint density at radius 1 is 1.14 bits per heavy atom. The average Bonchev–Trinajstić information content (AvgIpc) is 3.13. The van der Waals surface area contributed by atoms with E-state index < -0.39 is 0 Å². The first-order valence-electron chi connectivity index (χ1n) is 9.69. The Morgan fingerprint density at radius 2 is 1.89 bits per heavy atom. The van der Waals surface area contributed by atoms with Gasteiger partial charge in [0.05, 0.1) is 6.04 Å². The molecule has 0 saturated carbocycles. The van der Waals surface area contributed by atoms with Crippen LogP contribution in [0.25, 0.3) is 11.4 Å². The molecular formula is C23H23N3O2. The lowest BCUT2D eigenvalue weighted by Crippen LogP contribution is -2.35. The number of hydrogen-bond acceptors (Lipinski definition) is 3. The maximum Gasteiger partial charge on any atom is 0.254 e. The lowest BCUT2D eigenvalue weighted by atomic mass is 10.1. The number of rotatable bonds is 5. The lowest BCUT2D eigenvalue weighted by molar-refractivity contribution is -0.122. The molecule has 0 spiro atoms. The van der Waals surface area contributed by atoms with Crippen molar-refractivity contribution in [3.8, 4) is 11.4 Å². The minimum absolute atomic E-state index is 0.00227. The van der Waals surface area contributed by atoms with E-state index in [1.807, 2.05) is 49.4 Å². The van der Waals surface area contributed by atoms with Gasteiger partial charge in [-0.2, -0.15) is 0 Å². The molecule has 5 heteroatoms. The number of aromatic nitrogens is 2. The van der Waals surface area contributed by atoms with Crippen LogP contribution in [-0.2, 0) is 24.2 Å². The number of fused-ring (bicyclic) bond motifs is 1. The van der Waals surface area contributed by atoms with Crippen molar-refractivity contribution >= 4 is 5.91 Å². The van der Waals surface area contributed by atoms with Crippen molar-refractivity contribution < 1.29 is 4.79 Å². The first kappa shape index (κ1) is 18.2. The normalized spacial score (nSPS) is 15.2. The van der Waals surface area contributed by atoms with Crippen LogP contribution in [0.1, 0.15) is 36.2 Å². The van der Waals surface area contributed by atoms with Gasteiger partial charge in [0.2, 0.25) is 5.91 Å². The molecule has 0 aliphatic heterocycles. The van der Waals surface area contributed by atoms with Crippen LogP contribution in [0, 0.1) is 0 Å². The second-order valence-electron chi connectivity index (χ2n) is 7.07. The number of carbonyl (C=O) groups excluding carboxylic acids is 1. The smallest absolute Gasteiger partial charge is 0.254 e. The van der Waals surface area contributed by atoms with Crippen LogP contribution in [0.4, 0.5) is 0 Å². The third kappa shape index (κ3) is 3.60. The third-order valence-electron chi connectivity index (χ3n) is 5.23. The minimum atomic E-state index is -0.201. The maximum atomic E-state index is 12.8. The fraction of sp³-hybridized carbons (Fsp3) is 0.261. The van der Waals surface area contributed by atoms with Crippen LogP contribution in [0.15, 0.2) is 65.5 Å². The highest BCUT2D eigenvalue weighted by Gasteiger charge is 2.24. The monoisotopic (exact) mass is 373 g/mol. The van der Waals surface area contributed by atoms with Crippen molar-refractivity contribution in [3.05, 3.63) is 87.8 Å². The van der Waals surface area contributed by atoms with E-state index in [0.29, 0.717) is 12.2 Å². The number of carbonyl (C=O) groups is 1. The molecule has 1 heterocycles. The van der Waals surface area contributed by atoms with Crippen molar-refractivity contribution in [2.75, 3.05) is 0 Å². The van der Waals surface area contributed by atoms with E-state index in [-0.39, 0.29) is 24.1 Å². The molecule has 2 aromatic carbocycles. The topological polar surface area (TPSA) is 64.0 Å². The van der Waals surface area contributed by atoms with E-state index in [1.54, 1.807) is 0 Å². The number of hydrogen-bond donors (Lipinski definition) is 1. The Labute approximate surface area is 164 Å². The van der Waals surface area contributed by atoms with Gasteiger partial charge in [-0.1, -0.05) is 61.5 Å². The molecular weight excluding hydrogens is 350 g/mol. The van der Waals surface area contributed by atoms with E-state index in [9.17, 15) is 9.59 Å². The molecule has 0 radical (unpaired) electrons. The highest BCUT2D eigenvalue weighted by atomic mass is 16.2. The number of amides is 1. The van der Waals surface area contributed by atoms with E-state index >= 15 is 0 Å². The van der Waals surface area contributed by atoms with Crippen LogP contribution < -0.4 is 10.9 Å². The molecule has 1 aliphatic carbocycles. The van der Waals surface area contributed by atoms with Gasteiger partial charge < -0.3 is 5.32 Å². The second-order valence-corrected chi connectivity index (χ2v) is 7.07. The number of aryl methyl sites for hydroxylation is 2. The molecule has 1 N–H and O–H groups in total. The summed E-state index contributed by atoms with van der Waals surface area (Å²) in [5, 5.41) is 3.09. The average molecular weight is 373 g/mol. The molecule has 0 unspecified atom stereocenters. The van der Waals surface area contributed by atoms with Crippen LogP contribution in [0.5, 0.6) is 0 Å². The zero-order valence-corrected chi connectivity index (χ0v) is 15.9. The molecule has 0 saturated heterocycles. The largest absolute Gasteiger partial charge is 0.348 e. The summed E-state index contributed by atoms with van der Waals surface area (Å²) >= 11 is 0. The first-order valence-corrected chi connectivity index (χ1v) is 9.69. The summed E-state index contributed by atoms with van der Waals surface area (Å²) < 4.78 is 1.46. The molecule has 1 atom stereocenters. The van der Waals surface area contributed by atoms with Crippen molar-refractivity contribution in [3.63, 3.8) is 0 Å². The first-order chi connectivity index (χ1) is 13.7. The minimum Gasteiger partial charge on any atom is -0.348 e. The van der Waals surface area contributed by atoms with Crippen molar-refractivity contribution in [2.24, 2.45) is 0 Å². The zero-order chi connectivity index (χ0) is 19.5. The van der Waals surface area contributed by atoms with Crippen LogP contribution >= 0.6 is 0 Å². The SMILES string of the molecule is CCc1cc(=O)n(CC(=O)N[C@@H]2CCc3ccccc32)c(-c2ccccc2)n1. The van der Waals surface area contributed by atoms with Crippen molar-refractivity contribution in [1.29, 1.82) is 0 Å². The van der Waals surface area contributed by atoms with Gasteiger partial charge in [-0.25, -0.2) is 4.98 Å². The van der Waals surface area contributed by atoms with Gasteiger partial charge in [-0.05, 0) is 30.4 Å². The Balaban J connectivity index is 1.61. The molecule has 28 heavy (non-hydrogen) atoms. The summed E-state index contributed by atoms with van der Waals surface area (Å²) in [6, 6.07) is 19.2. The Morgan fingerprint density at radius 3 is 2.68 bits per heavy atom. The fourth-order valence-corrected chi connectivity index (χ4v) is 3.79.